The van der Waals surface area contributed by atoms with Gasteiger partial charge in [-0.05, 0) is 19.1 Å². The number of esters is 1. The van der Waals surface area contributed by atoms with Crippen LogP contribution in [0.15, 0.2) is 29.0 Å². The Hall–Kier alpha value is -1.84. The molecule has 0 spiro atoms. The summed E-state index contributed by atoms with van der Waals surface area (Å²) in [7, 11) is 0. The summed E-state index contributed by atoms with van der Waals surface area (Å²) >= 11 is 0. The van der Waals surface area contributed by atoms with Gasteiger partial charge in [-0.2, -0.15) is 0 Å². The van der Waals surface area contributed by atoms with Crippen molar-refractivity contribution in [1.82, 2.24) is 4.98 Å². The third-order valence-corrected chi connectivity index (χ3v) is 1.82. The first-order valence-electron chi connectivity index (χ1n) is 4.32. The molecule has 4 nitrogen and oxygen atoms in total. The fourth-order valence-electron chi connectivity index (χ4n) is 1.22. The van der Waals surface area contributed by atoms with Crippen LogP contribution in [0.25, 0.3) is 11.1 Å². The summed E-state index contributed by atoms with van der Waals surface area (Å²) in [6.07, 6.45) is 2.98. The maximum Gasteiger partial charge on any atom is 0.343 e. The molecule has 0 amide bonds. The van der Waals surface area contributed by atoms with Crippen LogP contribution in [-0.2, 0) is 4.74 Å². The van der Waals surface area contributed by atoms with Gasteiger partial charge in [-0.25, -0.2) is 4.79 Å². The van der Waals surface area contributed by atoms with Crippen LogP contribution in [0.1, 0.15) is 17.3 Å². The van der Waals surface area contributed by atoms with E-state index < -0.39 is 5.97 Å². The third kappa shape index (κ3) is 1.35. The molecule has 72 valence electrons. The monoisotopic (exact) mass is 191 g/mol. The molecule has 2 rings (SSSR count). The van der Waals surface area contributed by atoms with Crippen molar-refractivity contribution in [2.75, 3.05) is 6.61 Å². The zero-order valence-electron chi connectivity index (χ0n) is 7.69. The van der Waals surface area contributed by atoms with Crippen molar-refractivity contribution in [3.05, 3.63) is 30.2 Å². The number of pyridine rings is 1. The number of aromatic nitrogens is 1. The van der Waals surface area contributed by atoms with Gasteiger partial charge < -0.3 is 9.15 Å². The van der Waals surface area contributed by atoms with Crippen molar-refractivity contribution in [2.45, 2.75) is 6.92 Å². The Bertz CT molecular complexity index is 461. The maximum atomic E-state index is 11.4. The molecule has 2 aromatic heterocycles. The minimum atomic E-state index is -0.398. The fourth-order valence-corrected chi connectivity index (χ4v) is 1.22. The summed E-state index contributed by atoms with van der Waals surface area (Å²) in [5, 5.41) is 0. The lowest BCUT2D eigenvalue weighted by molar-refractivity contribution is 0.0527. The van der Waals surface area contributed by atoms with Crippen molar-refractivity contribution in [3.8, 4) is 0 Å². The Kier molecular flexibility index (Phi) is 2.18. The lowest BCUT2D eigenvalue weighted by Gasteiger charge is -1.97. The van der Waals surface area contributed by atoms with E-state index in [4.69, 9.17) is 9.15 Å². The summed E-state index contributed by atoms with van der Waals surface area (Å²) in [6.45, 7) is 2.10. The van der Waals surface area contributed by atoms with Gasteiger partial charge in [0.05, 0.1) is 6.61 Å². The average Bonchev–Trinajstić information content (AvgIpc) is 2.61. The van der Waals surface area contributed by atoms with E-state index in [9.17, 15) is 4.79 Å². The first kappa shape index (κ1) is 8.74. The number of furan rings is 1. The van der Waals surface area contributed by atoms with Crippen molar-refractivity contribution in [3.63, 3.8) is 0 Å². The lowest BCUT2D eigenvalue weighted by atomic mass is 10.3. The number of hydrogen-bond acceptors (Lipinski definition) is 4. The highest BCUT2D eigenvalue weighted by Crippen LogP contribution is 2.18. The van der Waals surface area contributed by atoms with E-state index in [-0.39, 0.29) is 0 Å². The van der Waals surface area contributed by atoms with Gasteiger partial charge in [-0.3, -0.25) is 4.98 Å². The van der Waals surface area contributed by atoms with Gasteiger partial charge in [-0.15, -0.1) is 0 Å². The molecule has 4 heteroatoms. The molecular weight excluding hydrogens is 182 g/mol. The predicted octanol–water partition coefficient (Wildman–Crippen LogP) is 2.00. The molecule has 0 saturated carbocycles. The Balaban J connectivity index is 2.47. The van der Waals surface area contributed by atoms with Crippen LogP contribution in [0.4, 0.5) is 0 Å². The average molecular weight is 191 g/mol. The second-order valence-electron chi connectivity index (χ2n) is 2.72. The highest BCUT2D eigenvalue weighted by molar-refractivity contribution is 6.01. The Morgan fingerprint density at radius 3 is 3.29 bits per heavy atom. The number of carbonyl (C=O) groups is 1. The van der Waals surface area contributed by atoms with Crippen molar-refractivity contribution >= 4 is 17.1 Å². The van der Waals surface area contributed by atoms with Gasteiger partial charge in [-0.1, -0.05) is 0 Å². The summed E-state index contributed by atoms with van der Waals surface area (Å²) in [6, 6.07) is 3.51. The van der Waals surface area contributed by atoms with Crippen molar-refractivity contribution in [2.24, 2.45) is 0 Å². The van der Waals surface area contributed by atoms with E-state index >= 15 is 0 Å². The lowest BCUT2D eigenvalue weighted by Crippen LogP contribution is -2.03. The standard InChI is InChI=1S/C10H9NO3/c1-2-13-10(12)7-6-14-8-4-3-5-11-9(7)8/h3-6H,2H2,1H3. The largest absolute Gasteiger partial charge is 0.462 e. The molecule has 0 N–H and O–H groups in total. The van der Waals surface area contributed by atoms with E-state index in [1.807, 2.05) is 0 Å². The van der Waals surface area contributed by atoms with E-state index in [0.717, 1.165) is 0 Å². The molecule has 14 heavy (non-hydrogen) atoms. The van der Waals surface area contributed by atoms with Crippen LogP contribution in [0.2, 0.25) is 0 Å². The summed E-state index contributed by atoms with van der Waals surface area (Å²) in [5.41, 5.74) is 1.52. The Morgan fingerprint density at radius 1 is 1.64 bits per heavy atom. The first-order chi connectivity index (χ1) is 6.83. The number of hydrogen-bond donors (Lipinski definition) is 0. The molecule has 0 unspecified atom stereocenters. The zero-order chi connectivity index (χ0) is 9.97. The third-order valence-electron chi connectivity index (χ3n) is 1.82. The minimum absolute atomic E-state index is 0.346. The molecule has 0 radical (unpaired) electrons. The zero-order valence-corrected chi connectivity index (χ0v) is 7.69. The number of ether oxygens (including phenoxy) is 1. The molecule has 0 aromatic carbocycles. The molecular formula is C10H9NO3. The summed E-state index contributed by atoms with van der Waals surface area (Å²) in [4.78, 5) is 15.4. The molecule has 0 fully saturated rings. The van der Waals surface area contributed by atoms with Gasteiger partial charge in [0.1, 0.15) is 17.3 Å². The fraction of sp³-hybridized carbons (Fsp3) is 0.200. The highest BCUT2D eigenvalue weighted by atomic mass is 16.5. The van der Waals surface area contributed by atoms with E-state index in [1.54, 1.807) is 25.3 Å². The van der Waals surface area contributed by atoms with E-state index in [0.29, 0.717) is 23.3 Å². The van der Waals surface area contributed by atoms with Crippen LogP contribution >= 0.6 is 0 Å². The number of fused-ring (bicyclic) bond motifs is 1. The van der Waals surface area contributed by atoms with Crippen molar-refractivity contribution in [1.29, 1.82) is 0 Å². The van der Waals surface area contributed by atoms with E-state index in [2.05, 4.69) is 4.98 Å². The minimum Gasteiger partial charge on any atom is -0.462 e. The summed E-state index contributed by atoms with van der Waals surface area (Å²) in [5.74, 6) is -0.398. The highest BCUT2D eigenvalue weighted by Gasteiger charge is 2.14. The van der Waals surface area contributed by atoms with Crippen LogP contribution in [-0.4, -0.2) is 17.6 Å². The number of nitrogens with zero attached hydrogens (tertiary/aromatic N) is 1. The topological polar surface area (TPSA) is 52.3 Å². The van der Waals surface area contributed by atoms with Crippen LogP contribution in [0, 0.1) is 0 Å². The molecule has 0 aliphatic rings. The van der Waals surface area contributed by atoms with Crippen molar-refractivity contribution < 1.29 is 13.9 Å². The quantitative estimate of drug-likeness (QED) is 0.681. The van der Waals surface area contributed by atoms with Gasteiger partial charge in [0, 0.05) is 6.20 Å². The number of rotatable bonds is 2. The van der Waals surface area contributed by atoms with Crippen LogP contribution < -0.4 is 0 Å². The summed E-state index contributed by atoms with van der Waals surface area (Å²) < 4.78 is 10.0. The predicted molar refractivity (Wildman–Crippen MR) is 50.0 cm³/mol. The van der Waals surface area contributed by atoms with Gasteiger partial charge in [0.25, 0.3) is 0 Å². The molecule has 2 aromatic rings. The maximum absolute atomic E-state index is 11.4. The Morgan fingerprint density at radius 2 is 2.50 bits per heavy atom. The second kappa shape index (κ2) is 3.49. The van der Waals surface area contributed by atoms with Gasteiger partial charge in [0.15, 0.2) is 5.58 Å². The Labute approximate surface area is 80.5 Å². The van der Waals surface area contributed by atoms with Gasteiger partial charge >= 0.3 is 5.97 Å². The second-order valence-corrected chi connectivity index (χ2v) is 2.72. The molecule has 2 heterocycles. The molecule has 0 saturated heterocycles. The smallest absolute Gasteiger partial charge is 0.343 e. The molecule has 0 aliphatic heterocycles. The van der Waals surface area contributed by atoms with E-state index in [1.165, 1.54) is 6.26 Å². The van der Waals surface area contributed by atoms with Crippen LogP contribution in [0.3, 0.4) is 0 Å². The molecule has 0 atom stereocenters. The molecule has 0 aliphatic carbocycles. The van der Waals surface area contributed by atoms with Crippen LogP contribution in [0.5, 0.6) is 0 Å². The SMILES string of the molecule is CCOC(=O)c1coc2cccnc12. The first-order valence-corrected chi connectivity index (χ1v) is 4.32. The normalized spacial score (nSPS) is 10.4. The van der Waals surface area contributed by atoms with Gasteiger partial charge in [0.2, 0.25) is 0 Å². The number of carbonyl (C=O) groups excluding carboxylic acids is 1. The molecule has 0 bridgehead atoms.